The summed E-state index contributed by atoms with van der Waals surface area (Å²) in [7, 11) is 0. The summed E-state index contributed by atoms with van der Waals surface area (Å²) in [6.45, 7) is 5.04. The largest absolute Gasteiger partial charge is 0.423 e. The Morgan fingerprint density at radius 1 is 0.870 bits per heavy atom. The van der Waals surface area contributed by atoms with Crippen LogP contribution in [0.25, 0.3) is 0 Å². The lowest BCUT2D eigenvalue weighted by Crippen LogP contribution is -2.10. The molecule has 0 aliphatic heterocycles. The van der Waals surface area contributed by atoms with Crippen LogP contribution in [0.3, 0.4) is 0 Å². The van der Waals surface area contributed by atoms with Gasteiger partial charge in [0.25, 0.3) is 0 Å². The molecule has 0 bridgehead atoms. The van der Waals surface area contributed by atoms with Crippen LogP contribution < -0.4 is 4.74 Å². The molecular weight excluding hydrogens is 292 g/mol. The van der Waals surface area contributed by atoms with Crippen LogP contribution >= 0.6 is 0 Å². The maximum atomic E-state index is 12.1. The minimum atomic E-state index is -0.525. The predicted octanol–water partition coefficient (Wildman–Crippen LogP) is 3.62. The van der Waals surface area contributed by atoms with Gasteiger partial charge in [-0.25, -0.2) is 4.79 Å². The number of carbonyl (C=O) groups excluding carboxylic acids is 3. The van der Waals surface area contributed by atoms with E-state index in [9.17, 15) is 14.4 Å². The van der Waals surface area contributed by atoms with Crippen LogP contribution in [0.2, 0.25) is 0 Å². The van der Waals surface area contributed by atoms with Crippen molar-refractivity contribution in [1.29, 1.82) is 0 Å². The molecule has 0 saturated carbocycles. The number of esters is 1. The molecule has 2 rings (SSSR count). The van der Waals surface area contributed by atoms with E-state index in [0.717, 1.165) is 0 Å². The van der Waals surface area contributed by atoms with Gasteiger partial charge in [-0.1, -0.05) is 36.9 Å². The zero-order chi connectivity index (χ0) is 16.8. The Morgan fingerprint density at radius 2 is 1.39 bits per heavy atom. The summed E-state index contributed by atoms with van der Waals surface area (Å²) in [5.74, 6) is -0.711. The Labute approximate surface area is 134 Å². The molecule has 0 aromatic heterocycles. The molecule has 23 heavy (non-hydrogen) atoms. The van der Waals surface area contributed by atoms with Gasteiger partial charge in [-0.15, -0.1) is 0 Å². The van der Waals surface area contributed by atoms with Crippen molar-refractivity contribution in [3.63, 3.8) is 0 Å². The Hall–Kier alpha value is -3.01. The average molecular weight is 308 g/mol. The number of carbonyl (C=O) groups is 3. The van der Waals surface area contributed by atoms with Crippen molar-refractivity contribution in [3.8, 4) is 5.75 Å². The molecule has 0 saturated heterocycles. The number of rotatable bonds is 6. The van der Waals surface area contributed by atoms with Gasteiger partial charge in [-0.05, 0) is 31.2 Å². The smallest absolute Gasteiger partial charge is 0.338 e. The summed E-state index contributed by atoms with van der Waals surface area (Å²) in [6, 6.07) is 14.8. The average Bonchev–Trinajstić information content (AvgIpc) is 2.56. The molecule has 0 radical (unpaired) electrons. The second-order valence-corrected chi connectivity index (χ2v) is 5.08. The maximum Gasteiger partial charge on any atom is 0.338 e. The van der Waals surface area contributed by atoms with Gasteiger partial charge in [0.05, 0.1) is 6.42 Å². The molecule has 0 heterocycles. The number of ketones is 2. The molecule has 0 aliphatic rings. The van der Waals surface area contributed by atoms with Crippen LogP contribution in [-0.4, -0.2) is 17.5 Å². The quantitative estimate of drug-likeness (QED) is 0.269. The first-order chi connectivity index (χ1) is 11.0. The molecule has 4 heteroatoms. The number of hydrogen-bond acceptors (Lipinski definition) is 4. The van der Waals surface area contributed by atoms with E-state index in [1.165, 1.54) is 24.3 Å². The van der Waals surface area contributed by atoms with Gasteiger partial charge >= 0.3 is 5.97 Å². The normalized spacial score (nSPS) is 9.96. The lowest BCUT2D eigenvalue weighted by atomic mass is 10.0. The summed E-state index contributed by atoms with van der Waals surface area (Å²) >= 11 is 0. The highest BCUT2D eigenvalue weighted by molar-refractivity contribution is 6.13. The van der Waals surface area contributed by atoms with Gasteiger partial charge in [0, 0.05) is 16.7 Å². The van der Waals surface area contributed by atoms with Crippen molar-refractivity contribution in [2.24, 2.45) is 0 Å². The van der Waals surface area contributed by atoms with Gasteiger partial charge in [-0.3, -0.25) is 9.59 Å². The van der Waals surface area contributed by atoms with Gasteiger partial charge in [0.15, 0.2) is 11.6 Å². The third-order valence-corrected chi connectivity index (χ3v) is 3.15. The zero-order valence-corrected chi connectivity index (χ0v) is 12.7. The van der Waals surface area contributed by atoms with Crippen molar-refractivity contribution in [1.82, 2.24) is 0 Å². The third kappa shape index (κ3) is 4.48. The Bertz CT molecular complexity index is 743. The van der Waals surface area contributed by atoms with Gasteiger partial charge in [0.2, 0.25) is 0 Å². The SMILES string of the molecule is C=C(C)C(=O)Oc1ccc(C(=O)CC(=O)c2ccccc2)cc1. The highest BCUT2D eigenvalue weighted by atomic mass is 16.5. The number of ether oxygens (including phenoxy) is 1. The Balaban J connectivity index is 2.02. The summed E-state index contributed by atoms with van der Waals surface area (Å²) in [5, 5.41) is 0. The van der Waals surface area contributed by atoms with Crippen molar-refractivity contribution in [2.75, 3.05) is 0 Å². The van der Waals surface area contributed by atoms with E-state index in [4.69, 9.17) is 4.74 Å². The van der Waals surface area contributed by atoms with E-state index in [1.54, 1.807) is 31.2 Å². The van der Waals surface area contributed by atoms with Gasteiger partial charge in [0.1, 0.15) is 5.75 Å². The van der Waals surface area contributed by atoms with E-state index in [-0.39, 0.29) is 18.0 Å². The van der Waals surface area contributed by atoms with Crippen molar-refractivity contribution < 1.29 is 19.1 Å². The van der Waals surface area contributed by atoms with Crippen molar-refractivity contribution >= 4 is 17.5 Å². The minimum Gasteiger partial charge on any atom is -0.423 e. The standard InChI is InChI=1S/C19H16O4/c1-13(2)19(22)23-16-10-8-15(9-11-16)18(21)12-17(20)14-6-4-3-5-7-14/h3-11H,1,12H2,2H3. The van der Waals surface area contributed by atoms with Crippen LogP contribution in [0.4, 0.5) is 0 Å². The van der Waals surface area contributed by atoms with Gasteiger partial charge < -0.3 is 4.74 Å². The summed E-state index contributed by atoms with van der Waals surface area (Å²) < 4.78 is 5.04. The molecular formula is C19H16O4. The van der Waals surface area contributed by atoms with E-state index in [0.29, 0.717) is 22.4 Å². The van der Waals surface area contributed by atoms with Crippen LogP contribution in [0, 0.1) is 0 Å². The maximum absolute atomic E-state index is 12.1. The van der Waals surface area contributed by atoms with Crippen LogP contribution in [-0.2, 0) is 4.79 Å². The number of Topliss-reactive ketones (excluding diaryl/α,β-unsaturated/α-hetero) is 2. The first-order valence-electron chi connectivity index (χ1n) is 7.06. The topological polar surface area (TPSA) is 60.4 Å². The van der Waals surface area contributed by atoms with E-state index in [2.05, 4.69) is 6.58 Å². The highest BCUT2D eigenvalue weighted by Gasteiger charge is 2.14. The Morgan fingerprint density at radius 3 is 1.91 bits per heavy atom. The second-order valence-electron chi connectivity index (χ2n) is 5.08. The lowest BCUT2D eigenvalue weighted by Gasteiger charge is -2.05. The molecule has 0 N–H and O–H groups in total. The van der Waals surface area contributed by atoms with Gasteiger partial charge in [-0.2, -0.15) is 0 Å². The molecule has 0 spiro atoms. The lowest BCUT2D eigenvalue weighted by molar-refractivity contribution is -0.130. The number of hydrogen-bond donors (Lipinski definition) is 0. The fraction of sp³-hybridized carbons (Fsp3) is 0.105. The number of benzene rings is 2. The minimum absolute atomic E-state index is 0.199. The molecule has 4 nitrogen and oxygen atoms in total. The fourth-order valence-electron chi connectivity index (χ4n) is 1.88. The van der Waals surface area contributed by atoms with Crippen molar-refractivity contribution in [2.45, 2.75) is 13.3 Å². The van der Waals surface area contributed by atoms with Crippen LogP contribution in [0.1, 0.15) is 34.1 Å². The second kappa shape index (κ2) is 7.31. The molecule has 0 amide bonds. The first-order valence-corrected chi connectivity index (χ1v) is 7.06. The monoisotopic (exact) mass is 308 g/mol. The Kier molecular flexibility index (Phi) is 5.20. The summed E-state index contributed by atoms with van der Waals surface area (Å²) in [4.78, 5) is 35.5. The molecule has 2 aromatic rings. The molecule has 2 aromatic carbocycles. The van der Waals surface area contributed by atoms with Crippen LogP contribution in [0.15, 0.2) is 66.7 Å². The highest BCUT2D eigenvalue weighted by Crippen LogP contribution is 2.15. The first kappa shape index (κ1) is 16.4. The molecule has 0 fully saturated rings. The molecule has 116 valence electrons. The summed E-state index contributed by atoms with van der Waals surface area (Å²) in [6.07, 6.45) is -0.199. The van der Waals surface area contributed by atoms with Crippen molar-refractivity contribution in [3.05, 3.63) is 77.9 Å². The molecule has 0 aliphatic carbocycles. The van der Waals surface area contributed by atoms with E-state index in [1.807, 2.05) is 6.07 Å². The fourth-order valence-corrected chi connectivity index (χ4v) is 1.88. The summed E-state index contributed by atoms with van der Waals surface area (Å²) in [5.41, 5.74) is 1.19. The van der Waals surface area contributed by atoms with E-state index < -0.39 is 5.97 Å². The molecule has 0 unspecified atom stereocenters. The predicted molar refractivity (Wildman–Crippen MR) is 86.6 cm³/mol. The third-order valence-electron chi connectivity index (χ3n) is 3.15. The van der Waals surface area contributed by atoms with E-state index >= 15 is 0 Å². The zero-order valence-electron chi connectivity index (χ0n) is 12.7. The van der Waals surface area contributed by atoms with Crippen LogP contribution in [0.5, 0.6) is 5.75 Å². The molecule has 0 atom stereocenters.